The maximum atomic E-state index is 10.8. The lowest BCUT2D eigenvalue weighted by Crippen LogP contribution is -2.53. The fraction of sp³-hybridized carbons (Fsp3) is 0.389. The van der Waals surface area contributed by atoms with Gasteiger partial charge in [-0.3, -0.25) is 0 Å². The number of hydrogen-bond acceptors (Lipinski definition) is 7. The molecular formula is C18H22N6O2. The minimum Gasteiger partial charge on any atom is -0.396 e. The number of benzene rings is 1. The third-order valence-electron chi connectivity index (χ3n) is 4.65. The van der Waals surface area contributed by atoms with Gasteiger partial charge in [0.05, 0.1) is 23.8 Å². The van der Waals surface area contributed by atoms with Gasteiger partial charge < -0.3 is 20.0 Å². The molecule has 0 spiro atoms. The summed E-state index contributed by atoms with van der Waals surface area (Å²) in [5, 5.41) is 27.8. The molecule has 0 radical (unpaired) electrons. The van der Waals surface area contributed by atoms with Crippen LogP contribution in [0.2, 0.25) is 0 Å². The molecule has 1 unspecified atom stereocenters. The van der Waals surface area contributed by atoms with Crippen molar-refractivity contribution < 1.29 is 10.2 Å². The van der Waals surface area contributed by atoms with Crippen molar-refractivity contribution in [1.82, 2.24) is 19.9 Å². The highest BCUT2D eigenvalue weighted by molar-refractivity contribution is 5.92. The molecule has 0 saturated carbocycles. The molecule has 8 heteroatoms. The van der Waals surface area contributed by atoms with E-state index in [1.165, 1.54) is 0 Å². The molecule has 1 atom stereocenters. The van der Waals surface area contributed by atoms with Crippen LogP contribution in [0.3, 0.4) is 0 Å². The summed E-state index contributed by atoms with van der Waals surface area (Å²) in [4.78, 5) is 8.57. The number of allylic oxidation sites excluding steroid dienone is 1. The molecule has 2 N–H and O–H groups in total. The van der Waals surface area contributed by atoms with E-state index in [2.05, 4.69) is 20.2 Å². The average Bonchev–Trinajstić information content (AvgIpc) is 3.15. The van der Waals surface area contributed by atoms with Gasteiger partial charge in [0.1, 0.15) is 0 Å². The van der Waals surface area contributed by atoms with Crippen LogP contribution in [-0.4, -0.2) is 61.9 Å². The Morgan fingerprint density at radius 2 is 1.88 bits per heavy atom. The largest absolute Gasteiger partial charge is 0.396 e. The molecule has 2 aromatic rings. The Labute approximate surface area is 151 Å². The highest BCUT2D eigenvalue weighted by atomic mass is 16.3. The average molecular weight is 354 g/mol. The first-order valence-electron chi connectivity index (χ1n) is 8.84. The third-order valence-corrected chi connectivity index (χ3v) is 4.65. The van der Waals surface area contributed by atoms with Crippen LogP contribution in [0.15, 0.2) is 53.5 Å². The van der Waals surface area contributed by atoms with E-state index in [0.29, 0.717) is 18.7 Å². The Bertz CT molecular complexity index is 796. The van der Waals surface area contributed by atoms with E-state index >= 15 is 0 Å². The maximum Gasteiger partial charge on any atom is 0.190 e. The van der Waals surface area contributed by atoms with Crippen molar-refractivity contribution in [2.45, 2.75) is 25.5 Å². The van der Waals surface area contributed by atoms with Gasteiger partial charge in [-0.25, -0.2) is 9.67 Å². The second kappa shape index (κ2) is 7.27. The first-order valence-corrected chi connectivity index (χ1v) is 8.84. The predicted octanol–water partition coefficient (Wildman–Crippen LogP) is 1.12. The van der Waals surface area contributed by atoms with Gasteiger partial charge in [-0.15, -0.1) is 5.10 Å². The molecule has 8 nitrogen and oxygen atoms in total. The Balaban J connectivity index is 1.61. The van der Waals surface area contributed by atoms with Crippen LogP contribution >= 0.6 is 0 Å². The normalized spacial score (nSPS) is 19.8. The summed E-state index contributed by atoms with van der Waals surface area (Å²) in [5.74, 6) is 0.687. The fourth-order valence-corrected chi connectivity index (χ4v) is 3.09. The molecule has 0 bridgehead atoms. The molecule has 2 aliphatic heterocycles. The number of nitrogens with zero attached hydrogens (tertiary/aromatic N) is 6. The zero-order valence-electron chi connectivity index (χ0n) is 14.4. The van der Waals surface area contributed by atoms with E-state index in [9.17, 15) is 5.11 Å². The second-order valence-corrected chi connectivity index (χ2v) is 6.40. The number of hydrogen-bond donors (Lipinski definition) is 2. The fourth-order valence-electron chi connectivity index (χ4n) is 3.09. The van der Waals surface area contributed by atoms with Crippen LogP contribution in [0.5, 0.6) is 0 Å². The molecule has 3 heterocycles. The van der Waals surface area contributed by atoms with Crippen molar-refractivity contribution in [2.24, 2.45) is 4.99 Å². The third kappa shape index (κ3) is 3.21. The topological polar surface area (TPSA) is 90.0 Å². The molecular weight excluding hydrogens is 332 g/mol. The van der Waals surface area contributed by atoms with Crippen molar-refractivity contribution in [3.05, 3.63) is 48.6 Å². The number of rotatable bonds is 5. The summed E-state index contributed by atoms with van der Waals surface area (Å²) in [7, 11) is 0. The molecule has 2 aliphatic rings. The quantitative estimate of drug-likeness (QED) is 0.836. The Morgan fingerprint density at radius 1 is 1.12 bits per heavy atom. The van der Waals surface area contributed by atoms with Gasteiger partial charge in [0.25, 0.3) is 0 Å². The van der Waals surface area contributed by atoms with Gasteiger partial charge in [0, 0.05) is 31.6 Å². The van der Waals surface area contributed by atoms with Crippen molar-refractivity contribution in [3.8, 4) is 5.69 Å². The lowest BCUT2D eigenvalue weighted by atomic mass is 10.1. The maximum absolute atomic E-state index is 10.8. The van der Waals surface area contributed by atoms with E-state index in [1.54, 1.807) is 17.1 Å². The Kier molecular flexibility index (Phi) is 4.68. The predicted molar refractivity (Wildman–Crippen MR) is 97.9 cm³/mol. The summed E-state index contributed by atoms with van der Waals surface area (Å²) >= 11 is 0. The van der Waals surface area contributed by atoms with E-state index in [4.69, 9.17) is 5.11 Å². The number of aromatic nitrogens is 3. The molecule has 136 valence electrons. The highest BCUT2D eigenvalue weighted by Gasteiger charge is 2.31. The van der Waals surface area contributed by atoms with E-state index in [-0.39, 0.29) is 6.61 Å². The van der Waals surface area contributed by atoms with Crippen LogP contribution in [0.1, 0.15) is 19.3 Å². The Morgan fingerprint density at radius 3 is 2.50 bits per heavy atom. The summed E-state index contributed by atoms with van der Waals surface area (Å²) in [6.07, 6.45) is 6.92. The van der Waals surface area contributed by atoms with E-state index < -0.39 is 6.23 Å². The van der Waals surface area contributed by atoms with Crippen molar-refractivity contribution >= 4 is 11.5 Å². The smallest absolute Gasteiger partial charge is 0.190 e. The number of likely N-dealkylation sites (tertiary alicyclic amines) is 1. The SMILES string of the molecule is OCCCC1=CN(c2ccc(-n3ccnn3)cc2)C(O)C(N2CCC2)=N1. The number of amidine groups is 1. The van der Waals surface area contributed by atoms with Gasteiger partial charge >= 0.3 is 0 Å². The van der Waals surface area contributed by atoms with E-state index in [1.807, 2.05) is 35.4 Å². The molecule has 1 aromatic carbocycles. The number of aliphatic hydroxyl groups is 2. The molecule has 1 saturated heterocycles. The number of aliphatic hydroxyl groups excluding tert-OH is 2. The monoisotopic (exact) mass is 354 g/mol. The number of aliphatic imine (C=N–C) groups is 1. The zero-order chi connectivity index (χ0) is 17.9. The van der Waals surface area contributed by atoms with Crippen molar-refractivity contribution in [2.75, 3.05) is 24.6 Å². The molecule has 1 fully saturated rings. The molecule has 4 rings (SSSR count). The minimum atomic E-state index is -0.814. The van der Waals surface area contributed by atoms with Crippen molar-refractivity contribution in [3.63, 3.8) is 0 Å². The van der Waals surface area contributed by atoms with Crippen LogP contribution in [0, 0.1) is 0 Å². The van der Waals surface area contributed by atoms with Crippen LogP contribution in [0.25, 0.3) is 5.69 Å². The van der Waals surface area contributed by atoms with E-state index in [0.717, 1.165) is 36.6 Å². The zero-order valence-corrected chi connectivity index (χ0v) is 14.4. The summed E-state index contributed by atoms with van der Waals surface area (Å²) < 4.78 is 1.69. The van der Waals surface area contributed by atoms with Gasteiger partial charge in [0.15, 0.2) is 12.1 Å². The van der Waals surface area contributed by atoms with Crippen LogP contribution in [0.4, 0.5) is 5.69 Å². The molecule has 1 aromatic heterocycles. The molecule has 26 heavy (non-hydrogen) atoms. The van der Waals surface area contributed by atoms with Crippen molar-refractivity contribution in [1.29, 1.82) is 0 Å². The summed E-state index contributed by atoms with van der Waals surface area (Å²) in [5.41, 5.74) is 2.64. The Hall–Kier alpha value is -2.71. The lowest BCUT2D eigenvalue weighted by molar-refractivity contribution is 0.198. The first-order chi connectivity index (χ1) is 12.8. The number of anilines is 1. The summed E-state index contributed by atoms with van der Waals surface area (Å²) in [6, 6.07) is 7.76. The van der Waals surface area contributed by atoms with Gasteiger partial charge in [-0.2, -0.15) is 0 Å². The van der Waals surface area contributed by atoms with Crippen LogP contribution < -0.4 is 4.90 Å². The van der Waals surface area contributed by atoms with Gasteiger partial charge in [-0.05, 0) is 43.5 Å². The highest BCUT2D eigenvalue weighted by Crippen LogP contribution is 2.27. The van der Waals surface area contributed by atoms with Crippen LogP contribution in [-0.2, 0) is 0 Å². The lowest BCUT2D eigenvalue weighted by Gasteiger charge is -2.41. The first kappa shape index (κ1) is 16.7. The second-order valence-electron chi connectivity index (χ2n) is 6.40. The summed E-state index contributed by atoms with van der Waals surface area (Å²) in [6.45, 7) is 1.96. The van der Waals surface area contributed by atoms with Gasteiger partial charge in [0.2, 0.25) is 0 Å². The molecule has 0 amide bonds. The van der Waals surface area contributed by atoms with Gasteiger partial charge in [-0.1, -0.05) is 5.21 Å². The molecule has 0 aliphatic carbocycles. The standard InChI is InChI=1S/C18H22N6O2/c25-12-1-3-14-13-23(18(26)17(20-14)22-9-2-10-22)15-4-6-16(7-5-15)24-11-8-19-21-24/h4-8,11,13,18,25-26H,1-3,9-10,12H2. The minimum absolute atomic E-state index is 0.126.